The van der Waals surface area contributed by atoms with E-state index in [-0.39, 0.29) is 30.8 Å². The fourth-order valence-electron chi connectivity index (χ4n) is 2.73. The highest BCUT2D eigenvalue weighted by Gasteiger charge is 2.20. The second-order valence-electron chi connectivity index (χ2n) is 5.54. The number of carbonyl (C=O) groups excluding carboxylic acids is 2. The molecule has 4 nitrogen and oxygen atoms in total. The highest BCUT2D eigenvalue weighted by molar-refractivity contribution is 6.44. The predicted molar refractivity (Wildman–Crippen MR) is 89.5 cm³/mol. The molecule has 1 N–H and O–H groups in total. The number of benzene rings is 1. The van der Waals surface area contributed by atoms with Crippen LogP contribution in [-0.4, -0.2) is 24.4 Å². The summed E-state index contributed by atoms with van der Waals surface area (Å²) in [4.78, 5) is 25.3. The van der Waals surface area contributed by atoms with E-state index in [2.05, 4.69) is 5.32 Å². The second-order valence-corrected chi connectivity index (χ2v) is 6.33. The third-order valence-electron chi connectivity index (χ3n) is 3.88. The molecule has 0 unspecified atom stereocenters. The minimum Gasteiger partial charge on any atom is -0.353 e. The summed E-state index contributed by atoms with van der Waals surface area (Å²) in [6, 6.07) is 5.41. The minimum absolute atomic E-state index is 0.0312. The van der Waals surface area contributed by atoms with Crippen LogP contribution in [0.5, 0.6) is 0 Å². The van der Waals surface area contributed by atoms with E-state index in [1.165, 1.54) is 24.7 Å². The van der Waals surface area contributed by atoms with Gasteiger partial charge in [0.25, 0.3) is 0 Å². The van der Waals surface area contributed by atoms with Crippen LogP contribution in [0, 0.1) is 0 Å². The number of nitrogens with one attached hydrogen (secondary N) is 1. The quantitative estimate of drug-likeness (QED) is 0.884. The first-order chi connectivity index (χ1) is 10.5. The molecule has 0 spiro atoms. The lowest BCUT2D eigenvalue weighted by atomic mass is 10.2. The lowest BCUT2D eigenvalue weighted by Crippen LogP contribution is -2.37. The topological polar surface area (TPSA) is 49.4 Å². The zero-order chi connectivity index (χ0) is 16.1. The van der Waals surface area contributed by atoms with Crippen LogP contribution < -0.4 is 10.2 Å². The van der Waals surface area contributed by atoms with Crippen LogP contribution in [0.25, 0.3) is 0 Å². The lowest BCUT2D eigenvalue weighted by Gasteiger charge is -2.23. The van der Waals surface area contributed by atoms with Crippen molar-refractivity contribution < 1.29 is 9.59 Å². The maximum atomic E-state index is 12.0. The van der Waals surface area contributed by atoms with Crippen LogP contribution in [0.15, 0.2) is 18.2 Å². The van der Waals surface area contributed by atoms with Crippen molar-refractivity contribution in [1.82, 2.24) is 5.32 Å². The number of rotatable bonds is 5. The van der Waals surface area contributed by atoms with Crippen molar-refractivity contribution in [1.29, 1.82) is 0 Å². The largest absolute Gasteiger partial charge is 0.353 e. The van der Waals surface area contributed by atoms with Crippen LogP contribution in [0.1, 0.15) is 39.0 Å². The number of nitrogens with zero attached hydrogens (tertiary/aromatic N) is 1. The van der Waals surface area contributed by atoms with Gasteiger partial charge in [0.15, 0.2) is 0 Å². The third-order valence-corrected chi connectivity index (χ3v) is 4.69. The standard InChI is InChI=1S/C16H20Cl2N2O2/c1-11(21)20(14-8-4-7-13(17)16(14)18)10-9-15(22)19-12-5-2-3-6-12/h4,7-8,12H,2-3,5-6,9-10H2,1H3,(H,19,22). The van der Waals surface area contributed by atoms with Gasteiger partial charge in [-0.2, -0.15) is 0 Å². The van der Waals surface area contributed by atoms with Crippen molar-refractivity contribution in [3.63, 3.8) is 0 Å². The molecule has 2 amide bonds. The van der Waals surface area contributed by atoms with Crippen molar-refractivity contribution >= 4 is 40.7 Å². The van der Waals surface area contributed by atoms with E-state index in [9.17, 15) is 9.59 Å². The third kappa shape index (κ3) is 4.37. The van der Waals surface area contributed by atoms with E-state index < -0.39 is 0 Å². The molecule has 1 aromatic carbocycles. The number of carbonyl (C=O) groups is 2. The molecule has 0 aliphatic heterocycles. The highest BCUT2D eigenvalue weighted by atomic mass is 35.5. The van der Waals surface area contributed by atoms with E-state index in [0.717, 1.165) is 12.8 Å². The van der Waals surface area contributed by atoms with E-state index in [1.807, 2.05) is 0 Å². The summed E-state index contributed by atoms with van der Waals surface area (Å²) in [5.74, 6) is -0.200. The molecule has 1 saturated carbocycles. The maximum Gasteiger partial charge on any atom is 0.223 e. The molecule has 120 valence electrons. The van der Waals surface area contributed by atoms with Crippen LogP contribution in [0.3, 0.4) is 0 Å². The minimum atomic E-state index is -0.169. The van der Waals surface area contributed by atoms with Gasteiger partial charge in [-0.25, -0.2) is 0 Å². The summed E-state index contributed by atoms with van der Waals surface area (Å²) < 4.78 is 0. The molecule has 1 fully saturated rings. The Morgan fingerprint density at radius 1 is 1.27 bits per heavy atom. The molecule has 0 heterocycles. The van der Waals surface area contributed by atoms with Crippen molar-refractivity contribution in [2.45, 2.75) is 45.1 Å². The molecule has 1 aliphatic carbocycles. The van der Waals surface area contributed by atoms with Gasteiger partial charge in [0.1, 0.15) is 0 Å². The molecule has 0 aromatic heterocycles. The summed E-state index contributed by atoms with van der Waals surface area (Å²) in [5, 5.41) is 3.73. The molecule has 2 rings (SSSR count). The summed E-state index contributed by atoms with van der Waals surface area (Å²) in [6.07, 6.45) is 4.68. The molecule has 6 heteroatoms. The van der Waals surface area contributed by atoms with Gasteiger partial charge in [-0.1, -0.05) is 42.1 Å². The smallest absolute Gasteiger partial charge is 0.223 e. The Morgan fingerprint density at radius 2 is 1.95 bits per heavy atom. The summed E-state index contributed by atoms with van der Waals surface area (Å²) in [6.45, 7) is 1.74. The zero-order valence-electron chi connectivity index (χ0n) is 12.6. The fraction of sp³-hybridized carbons (Fsp3) is 0.500. The molecule has 0 radical (unpaired) electrons. The van der Waals surface area contributed by atoms with Crippen LogP contribution >= 0.6 is 23.2 Å². The first kappa shape index (κ1) is 17.1. The first-order valence-electron chi connectivity index (χ1n) is 7.50. The van der Waals surface area contributed by atoms with Gasteiger partial charge >= 0.3 is 0 Å². The molecule has 0 saturated heterocycles. The predicted octanol–water partition coefficient (Wildman–Crippen LogP) is 3.80. The Hall–Kier alpha value is -1.26. The zero-order valence-corrected chi connectivity index (χ0v) is 14.1. The van der Waals surface area contributed by atoms with E-state index in [0.29, 0.717) is 15.7 Å². The molecule has 0 atom stereocenters. The van der Waals surface area contributed by atoms with Crippen molar-refractivity contribution in [3.05, 3.63) is 28.2 Å². The second kappa shape index (κ2) is 7.84. The van der Waals surface area contributed by atoms with Gasteiger partial charge in [-0.15, -0.1) is 0 Å². The van der Waals surface area contributed by atoms with Crippen LogP contribution in [0.4, 0.5) is 5.69 Å². The van der Waals surface area contributed by atoms with Gasteiger partial charge < -0.3 is 10.2 Å². The highest BCUT2D eigenvalue weighted by Crippen LogP contribution is 2.32. The first-order valence-corrected chi connectivity index (χ1v) is 8.26. The monoisotopic (exact) mass is 342 g/mol. The van der Waals surface area contributed by atoms with E-state index in [4.69, 9.17) is 23.2 Å². The fourth-order valence-corrected chi connectivity index (χ4v) is 3.13. The molecule has 0 bridgehead atoms. The number of hydrogen-bond donors (Lipinski definition) is 1. The van der Waals surface area contributed by atoms with Gasteiger partial charge in [-0.3, -0.25) is 9.59 Å². The Morgan fingerprint density at radius 3 is 2.59 bits per heavy atom. The van der Waals surface area contributed by atoms with Gasteiger partial charge in [-0.05, 0) is 25.0 Å². The Kier molecular flexibility index (Phi) is 6.09. The normalized spacial score (nSPS) is 14.9. The number of hydrogen-bond acceptors (Lipinski definition) is 2. The molecular formula is C16H20Cl2N2O2. The molecule has 1 aromatic rings. The summed E-state index contributed by atoms with van der Waals surface area (Å²) in [7, 11) is 0. The Bertz CT molecular complexity index is 557. The Balaban J connectivity index is 1.98. The van der Waals surface area contributed by atoms with Gasteiger partial charge in [0.05, 0.1) is 15.7 Å². The SMILES string of the molecule is CC(=O)N(CCC(=O)NC1CCCC1)c1cccc(Cl)c1Cl. The summed E-state index contributed by atoms with van der Waals surface area (Å²) >= 11 is 12.1. The average molecular weight is 343 g/mol. The van der Waals surface area contributed by atoms with Crippen molar-refractivity contribution in [3.8, 4) is 0 Å². The van der Waals surface area contributed by atoms with Crippen molar-refractivity contribution in [2.75, 3.05) is 11.4 Å². The van der Waals surface area contributed by atoms with Gasteiger partial charge in [0.2, 0.25) is 11.8 Å². The number of anilines is 1. The van der Waals surface area contributed by atoms with Gasteiger partial charge in [0, 0.05) is 25.9 Å². The van der Waals surface area contributed by atoms with Crippen molar-refractivity contribution in [2.24, 2.45) is 0 Å². The maximum absolute atomic E-state index is 12.0. The summed E-state index contributed by atoms with van der Waals surface area (Å²) in [5.41, 5.74) is 0.537. The van der Waals surface area contributed by atoms with E-state index >= 15 is 0 Å². The number of amides is 2. The molecule has 1 aliphatic rings. The Labute approximate surface area is 140 Å². The molecular weight excluding hydrogens is 323 g/mol. The average Bonchev–Trinajstić information content (AvgIpc) is 2.96. The molecule has 22 heavy (non-hydrogen) atoms. The van der Waals surface area contributed by atoms with E-state index in [1.54, 1.807) is 18.2 Å². The van der Waals surface area contributed by atoms with Crippen LogP contribution in [-0.2, 0) is 9.59 Å². The lowest BCUT2D eigenvalue weighted by molar-refractivity contribution is -0.121. The number of halogens is 2. The van der Waals surface area contributed by atoms with Crippen LogP contribution in [0.2, 0.25) is 10.0 Å².